The number of hydrogen-bond acceptors (Lipinski definition) is 7. The van der Waals surface area contributed by atoms with E-state index in [2.05, 4.69) is 151 Å². The van der Waals surface area contributed by atoms with Crippen molar-refractivity contribution >= 4 is 8.32 Å². The van der Waals surface area contributed by atoms with Crippen LogP contribution < -0.4 is 14.2 Å². The number of aliphatic hydroxyl groups excluding tert-OH is 1. The van der Waals surface area contributed by atoms with Gasteiger partial charge >= 0.3 is 0 Å². The lowest BCUT2D eigenvalue weighted by Crippen LogP contribution is -2.26. The molecule has 4 rings (SSSR count). The van der Waals surface area contributed by atoms with Gasteiger partial charge in [-0.15, -0.1) is 0 Å². The van der Waals surface area contributed by atoms with Gasteiger partial charge in [0.1, 0.15) is 23.0 Å². The lowest BCUT2D eigenvalue weighted by molar-refractivity contribution is 0.0694. The van der Waals surface area contributed by atoms with Gasteiger partial charge in [-0.25, -0.2) is 0 Å². The highest BCUT2D eigenvalue weighted by atomic mass is 28.4. The molecular weight excluding hydrogens is 801 g/mol. The third kappa shape index (κ3) is 27.2. The first-order valence-corrected chi connectivity index (χ1v) is 26.4. The van der Waals surface area contributed by atoms with Crippen LogP contribution in [0, 0.1) is 0 Å². The van der Waals surface area contributed by atoms with E-state index in [-0.39, 0.29) is 28.3 Å². The molecule has 0 fully saturated rings. The Labute approximate surface area is 386 Å². The number of ether oxygens (including phenoxy) is 4. The second kappa shape index (κ2) is 27.5. The Morgan fingerprint density at radius 1 is 0.429 bits per heavy atom. The normalized spacial score (nSPS) is 11.9. The number of aliphatic hydroxyl groups is 1. The molecule has 7 nitrogen and oxygen atoms in total. The Bertz CT molecular complexity index is 1750. The van der Waals surface area contributed by atoms with Crippen LogP contribution in [0.25, 0.3) is 0 Å². The Morgan fingerprint density at radius 3 is 0.984 bits per heavy atom. The van der Waals surface area contributed by atoms with Crippen molar-refractivity contribution in [2.24, 2.45) is 0 Å². The summed E-state index contributed by atoms with van der Waals surface area (Å²) in [6, 6.07) is 32.3. The van der Waals surface area contributed by atoms with Crippen LogP contribution in [0.4, 0.5) is 0 Å². The molecule has 0 aliphatic rings. The zero-order valence-corrected chi connectivity index (χ0v) is 43.6. The van der Waals surface area contributed by atoms with Gasteiger partial charge in [-0.2, -0.15) is 0 Å². The van der Waals surface area contributed by atoms with Crippen LogP contribution in [-0.4, -0.2) is 64.3 Å². The molecular formula is C55H88O7Si. The van der Waals surface area contributed by atoms with Gasteiger partial charge in [-0.05, 0) is 126 Å². The largest absolute Gasteiger partial charge is 0.508 e. The topological polar surface area (TPSA) is 86.6 Å². The molecule has 0 aromatic heterocycles. The third-order valence-electron chi connectivity index (χ3n) is 9.57. The molecule has 4 aromatic carbocycles. The molecule has 0 amide bonds. The summed E-state index contributed by atoms with van der Waals surface area (Å²) in [7, 11) is -1.37. The van der Waals surface area contributed by atoms with Gasteiger partial charge in [0.15, 0.2) is 8.32 Å². The molecule has 0 atom stereocenters. The molecule has 0 heterocycles. The van der Waals surface area contributed by atoms with Crippen molar-refractivity contribution in [1.29, 1.82) is 0 Å². The van der Waals surface area contributed by atoms with Crippen LogP contribution in [0.1, 0.15) is 138 Å². The average Bonchev–Trinajstić information content (AvgIpc) is 3.17. The van der Waals surface area contributed by atoms with Gasteiger partial charge in [0.05, 0.1) is 32.5 Å². The van der Waals surface area contributed by atoms with Gasteiger partial charge < -0.3 is 33.6 Å². The first-order chi connectivity index (χ1) is 29.1. The summed E-state index contributed by atoms with van der Waals surface area (Å²) >= 11 is 0. The fraction of sp³-hybridized carbons (Fsp3) is 0.564. The number of rotatable bonds is 16. The summed E-state index contributed by atoms with van der Waals surface area (Å²) in [4.78, 5) is 0. The van der Waals surface area contributed by atoms with E-state index in [1.165, 1.54) is 22.3 Å². The summed E-state index contributed by atoms with van der Waals surface area (Å²) in [5, 5.41) is 17.6. The van der Waals surface area contributed by atoms with E-state index in [0.717, 1.165) is 49.9 Å². The lowest BCUT2D eigenvalue weighted by atomic mass is 9.87. The van der Waals surface area contributed by atoms with Crippen molar-refractivity contribution in [2.45, 2.75) is 164 Å². The molecule has 0 aliphatic heterocycles. The van der Waals surface area contributed by atoms with E-state index < -0.39 is 8.32 Å². The Hall–Kier alpha value is -3.82. The summed E-state index contributed by atoms with van der Waals surface area (Å²) in [5.74, 6) is 3.09. The van der Waals surface area contributed by atoms with E-state index in [1.54, 1.807) is 12.1 Å². The van der Waals surface area contributed by atoms with E-state index in [0.29, 0.717) is 31.5 Å². The molecule has 0 saturated heterocycles. The van der Waals surface area contributed by atoms with E-state index in [9.17, 15) is 0 Å². The number of benzene rings is 4. The SMILES string of the molecule is CC(C)(C)c1ccc(O)cc1.CC(C)(C)c1ccc(OCCCO)cc1.CC(C)(C)c1ccc(OCCCO[Si](C)(C)C)cc1.CC(C)OCCCOc1ccc(C(C)(C)C)cc1. The molecule has 0 saturated carbocycles. The second-order valence-electron chi connectivity index (χ2n) is 21.3. The third-order valence-corrected chi connectivity index (χ3v) is 10.6. The zero-order valence-electron chi connectivity index (χ0n) is 42.6. The molecule has 0 bridgehead atoms. The lowest BCUT2D eigenvalue weighted by Gasteiger charge is -2.19. The summed E-state index contributed by atoms with van der Waals surface area (Å²) in [6.45, 7) is 40.8. The van der Waals surface area contributed by atoms with Crippen LogP contribution in [0.15, 0.2) is 97.1 Å². The quantitative estimate of drug-likeness (QED) is 0.0856. The van der Waals surface area contributed by atoms with E-state index in [4.69, 9.17) is 33.6 Å². The van der Waals surface area contributed by atoms with Crippen LogP contribution in [0.2, 0.25) is 19.6 Å². The molecule has 354 valence electrons. The Kier molecular flexibility index (Phi) is 25.0. The number of hydrogen-bond donors (Lipinski definition) is 2. The average molecular weight is 889 g/mol. The highest BCUT2D eigenvalue weighted by Gasteiger charge is 2.16. The molecule has 0 unspecified atom stereocenters. The maximum atomic E-state index is 9.02. The molecule has 4 aromatic rings. The first-order valence-electron chi connectivity index (χ1n) is 23.0. The van der Waals surface area contributed by atoms with Crippen LogP contribution >= 0.6 is 0 Å². The monoisotopic (exact) mass is 889 g/mol. The molecule has 0 radical (unpaired) electrons. The van der Waals surface area contributed by atoms with Crippen molar-refractivity contribution in [3.63, 3.8) is 0 Å². The van der Waals surface area contributed by atoms with Crippen LogP contribution in [0.5, 0.6) is 23.0 Å². The number of aromatic hydroxyl groups is 1. The second-order valence-corrected chi connectivity index (χ2v) is 25.8. The Morgan fingerprint density at radius 2 is 0.714 bits per heavy atom. The standard InChI is InChI=1S/C16H28O2Si.C16H26O2.C13H20O2.C10H14O/c1-16(2,3)14-8-10-15(11-9-14)17-12-7-13-18-19(4,5)6;1-13(2)17-11-6-12-18-15-9-7-14(8-10-15)16(3,4)5;1-13(2,3)11-5-7-12(8-6-11)15-10-4-9-14;1-10(2,3)8-4-6-9(11)7-5-8/h8-11H,7,12-13H2,1-6H3;7-10,13H,6,11-12H2,1-5H3;5-8,14H,4,9-10H2,1-3H3;4-7,11H,1-3H3. The van der Waals surface area contributed by atoms with Gasteiger partial charge in [-0.3, -0.25) is 0 Å². The van der Waals surface area contributed by atoms with Gasteiger partial charge in [0.2, 0.25) is 0 Å². The Balaban J connectivity index is 0.000000427. The number of phenolic OH excluding ortho intramolecular Hbond substituents is 1. The predicted molar refractivity (Wildman–Crippen MR) is 270 cm³/mol. The molecule has 0 spiro atoms. The maximum absolute atomic E-state index is 9.02. The summed E-state index contributed by atoms with van der Waals surface area (Å²) in [5.41, 5.74) is 5.97. The van der Waals surface area contributed by atoms with Crippen molar-refractivity contribution in [3.05, 3.63) is 119 Å². The van der Waals surface area contributed by atoms with Crippen LogP contribution in [-0.2, 0) is 30.8 Å². The van der Waals surface area contributed by atoms with Crippen molar-refractivity contribution < 1.29 is 33.6 Å². The van der Waals surface area contributed by atoms with Crippen molar-refractivity contribution in [1.82, 2.24) is 0 Å². The first kappa shape index (κ1) is 57.2. The van der Waals surface area contributed by atoms with Gasteiger partial charge in [0, 0.05) is 32.5 Å². The highest BCUT2D eigenvalue weighted by molar-refractivity contribution is 6.69. The summed E-state index contributed by atoms with van der Waals surface area (Å²) < 4.78 is 28.1. The number of phenols is 1. The molecule has 8 heteroatoms. The van der Waals surface area contributed by atoms with Crippen molar-refractivity contribution in [3.8, 4) is 23.0 Å². The molecule has 63 heavy (non-hydrogen) atoms. The van der Waals surface area contributed by atoms with E-state index in [1.807, 2.05) is 50.2 Å². The zero-order chi connectivity index (χ0) is 47.9. The fourth-order valence-electron chi connectivity index (χ4n) is 5.56. The maximum Gasteiger partial charge on any atom is 0.183 e. The summed E-state index contributed by atoms with van der Waals surface area (Å²) in [6.07, 6.45) is 2.86. The highest BCUT2D eigenvalue weighted by Crippen LogP contribution is 2.27. The molecule has 2 N–H and O–H groups in total. The minimum Gasteiger partial charge on any atom is -0.508 e. The van der Waals surface area contributed by atoms with E-state index >= 15 is 0 Å². The molecule has 0 aliphatic carbocycles. The minimum atomic E-state index is -1.37. The predicted octanol–water partition coefficient (Wildman–Crippen LogP) is 14.2. The minimum absolute atomic E-state index is 0.174. The van der Waals surface area contributed by atoms with Crippen molar-refractivity contribution in [2.75, 3.05) is 39.6 Å². The van der Waals surface area contributed by atoms with Gasteiger partial charge in [-0.1, -0.05) is 132 Å². The van der Waals surface area contributed by atoms with Gasteiger partial charge in [0.25, 0.3) is 0 Å². The fourth-order valence-corrected chi connectivity index (χ4v) is 6.32. The van der Waals surface area contributed by atoms with Crippen LogP contribution in [0.3, 0.4) is 0 Å². The smallest absolute Gasteiger partial charge is 0.183 e.